The van der Waals surface area contributed by atoms with Gasteiger partial charge in [-0.1, -0.05) is 11.6 Å². The molecule has 9 heteroatoms. The van der Waals surface area contributed by atoms with E-state index >= 15 is 0 Å². The third kappa shape index (κ3) is 3.31. The molecule has 0 radical (unpaired) electrons. The van der Waals surface area contributed by atoms with Gasteiger partial charge in [0.15, 0.2) is 5.82 Å². The molecule has 1 aliphatic heterocycles. The number of fused-ring (bicyclic) bond motifs is 1. The maximum absolute atomic E-state index is 13.0. The Labute approximate surface area is 155 Å². The Morgan fingerprint density at radius 1 is 1.46 bits per heavy atom. The first kappa shape index (κ1) is 17.7. The molecule has 26 heavy (non-hydrogen) atoms. The van der Waals surface area contributed by atoms with Gasteiger partial charge in [0.05, 0.1) is 17.7 Å². The number of aromatic nitrogens is 3. The number of anilines is 2. The highest BCUT2D eigenvalue weighted by molar-refractivity contribution is 6.41. The molecule has 134 valence electrons. The van der Waals surface area contributed by atoms with Crippen LogP contribution < -0.4 is 16.4 Å². The predicted molar refractivity (Wildman–Crippen MR) is 104 cm³/mol. The van der Waals surface area contributed by atoms with Crippen LogP contribution in [0.2, 0.25) is 5.15 Å². The summed E-state index contributed by atoms with van der Waals surface area (Å²) < 4.78 is 0. The number of amides is 1. The van der Waals surface area contributed by atoms with Crippen LogP contribution in [-0.2, 0) is 4.79 Å². The summed E-state index contributed by atoms with van der Waals surface area (Å²) in [6.07, 6.45) is 5.16. The van der Waals surface area contributed by atoms with Crippen molar-refractivity contribution in [2.24, 2.45) is 10.7 Å². The van der Waals surface area contributed by atoms with Crippen molar-refractivity contribution in [3.05, 3.63) is 46.5 Å². The minimum absolute atomic E-state index is 0.0125. The van der Waals surface area contributed by atoms with Gasteiger partial charge in [0, 0.05) is 30.3 Å². The molecule has 2 aromatic rings. The van der Waals surface area contributed by atoms with E-state index in [1.807, 2.05) is 19.1 Å². The van der Waals surface area contributed by atoms with Crippen molar-refractivity contribution in [3.63, 3.8) is 0 Å². The van der Waals surface area contributed by atoms with Crippen LogP contribution in [0.15, 0.2) is 35.1 Å². The Morgan fingerprint density at radius 2 is 2.23 bits per heavy atom. The van der Waals surface area contributed by atoms with Gasteiger partial charge in [-0.25, -0.2) is 4.98 Å². The highest BCUT2D eigenvalue weighted by Gasteiger charge is 2.37. The van der Waals surface area contributed by atoms with Crippen molar-refractivity contribution in [1.82, 2.24) is 15.0 Å². The van der Waals surface area contributed by atoms with Gasteiger partial charge >= 0.3 is 0 Å². The van der Waals surface area contributed by atoms with Crippen LogP contribution in [0.25, 0.3) is 11.6 Å². The largest absolute Gasteiger partial charge is 0.401 e. The molecule has 0 saturated carbocycles. The van der Waals surface area contributed by atoms with E-state index in [4.69, 9.17) is 23.1 Å². The van der Waals surface area contributed by atoms with Crippen LogP contribution in [0.5, 0.6) is 0 Å². The van der Waals surface area contributed by atoms with E-state index in [1.165, 1.54) is 4.90 Å². The molecule has 1 amide bonds. The highest BCUT2D eigenvalue weighted by atomic mass is 35.5. The number of nitrogen functional groups attached to an aromatic ring is 1. The average Bonchev–Trinajstić information content (AvgIpc) is 3.17. The molecule has 0 fully saturated rings. The quantitative estimate of drug-likeness (QED) is 0.429. The van der Waals surface area contributed by atoms with Gasteiger partial charge in [0.1, 0.15) is 5.15 Å². The van der Waals surface area contributed by atoms with Gasteiger partial charge in [-0.15, -0.1) is 0 Å². The minimum Gasteiger partial charge on any atom is -0.401 e. The summed E-state index contributed by atoms with van der Waals surface area (Å²) in [5.74, 6) is 0.0492. The fourth-order valence-electron chi connectivity index (χ4n) is 2.64. The lowest BCUT2D eigenvalue weighted by atomic mass is 10.1. The number of aromatic amines is 1. The molecule has 0 aliphatic carbocycles. The monoisotopic (exact) mass is 371 g/mol. The number of halogens is 1. The first-order valence-electron chi connectivity index (χ1n) is 7.80. The molecular formula is C17H18ClN7O. The van der Waals surface area contributed by atoms with Gasteiger partial charge in [0.25, 0.3) is 5.91 Å². The molecular weight excluding hydrogens is 354 g/mol. The molecule has 5 N–H and O–H groups in total. The van der Waals surface area contributed by atoms with E-state index in [9.17, 15) is 4.79 Å². The van der Waals surface area contributed by atoms with Crippen LogP contribution in [0.1, 0.15) is 18.2 Å². The number of nitrogens with one attached hydrogen (secondary N) is 1. The Morgan fingerprint density at radius 3 is 2.88 bits per heavy atom. The van der Waals surface area contributed by atoms with Crippen molar-refractivity contribution in [2.75, 3.05) is 24.2 Å². The maximum atomic E-state index is 13.0. The fourth-order valence-corrected chi connectivity index (χ4v) is 2.92. The number of H-pyrrole nitrogens is 1. The molecule has 3 heterocycles. The molecule has 0 bridgehead atoms. The van der Waals surface area contributed by atoms with E-state index in [0.717, 1.165) is 11.4 Å². The van der Waals surface area contributed by atoms with E-state index in [0.29, 0.717) is 22.7 Å². The number of rotatable bonds is 4. The number of hydrogen-bond acceptors (Lipinski definition) is 6. The van der Waals surface area contributed by atoms with E-state index in [2.05, 4.69) is 19.9 Å². The SMILES string of the molecule is CN=C(C)C=C(N)CN1C(=O)/C(=C\c2ccc[nH]2)c2c(Cl)nc(N)nc21. The lowest BCUT2D eigenvalue weighted by Gasteiger charge is -2.16. The zero-order valence-electron chi connectivity index (χ0n) is 14.3. The topological polar surface area (TPSA) is 126 Å². The van der Waals surface area contributed by atoms with Crippen LogP contribution >= 0.6 is 11.6 Å². The number of carbonyl (C=O) groups is 1. The number of allylic oxidation sites excluding steroid dienone is 1. The normalized spacial score (nSPS) is 16.5. The first-order valence-corrected chi connectivity index (χ1v) is 8.18. The third-order valence-corrected chi connectivity index (χ3v) is 4.15. The fraction of sp³-hybridized carbons (Fsp3) is 0.176. The Balaban J connectivity index is 2.08. The van der Waals surface area contributed by atoms with Crippen molar-refractivity contribution in [3.8, 4) is 0 Å². The molecule has 1 aliphatic rings. The molecule has 2 aromatic heterocycles. The van der Waals surface area contributed by atoms with Gasteiger partial charge in [0.2, 0.25) is 5.95 Å². The smallest absolute Gasteiger partial charge is 0.260 e. The summed E-state index contributed by atoms with van der Waals surface area (Å²) >= 11 is 6.26. The third-order valence-electron chi connectivity index (χ3n) is 3.87. The van der Waals surface area contributed by atoms with Gasteiger partial charge < -0.3 is 16.5 Å². The molecule has 0 unspecified atom stereocenters. The van der Waals surface area contributed by atoms with Gasteiger partial charge in [-0.05, 0) is 31.2 Å². The number of hydrogen-bond donors (Lipinski definition) is 3. The zero-order valence-corrected chi connectivity index (χ0v) is 15.1. The number of nitrogens with zero attached hydrogens (tertiary/aromatic N) is 4. The summed E-state index contributed by atoms with van der Waals surface area (Å²) in [5.41, 5.74) is 14.6. The standard InChI is InChI=1S/C17H18ClN7O/c1-9(21-2)6-10(19)8-25-15-13(14(18)23-17(20)24-15)12(16(25)26)7-11-4-3-5-22-11/h3-7,22H,8,19H2,1-2H3,(H2,20,23,24)/b10-6?,12-7-,21-9?. The number of nitrogens with two attached hydrogens (primary N) is 2. The second-order valence-corrected chi connectivity index (χ2v) is 6.09. The van der Waals surface area contributed by atoms with E-state index in [1.54, 1.807) is 25.4 Å². The second-order valence-electron chi connectivity index (χ2n) is 5.73. The van der Waals surface area contributed by atoms with Crippen LogP contribution in [-0.4, -0.2) is 40.2 Å². The molecule has 0 aromatic carbocycles. The van der Waals surface area contributed by atoms with Crippen LogP contribution in [0.3, 0.4) is 0 Å². The van der Waals surface area contributed by atoms with Crippen molar-refractivity contribution >= 4 is 46.6 Å². The molecule has 8 nitrogen and oxygen atoms in total. The Hall–Kier alpha value is -3.13. The lowest BCUT2D eigenvalue weighted by molar-refractivity contribution is -0.112. The highest BCUT2D eigenvalue weighted by Crippen LogP contribution is 2.40. The molecule has 0 spiro atoms. The summed E-state index contributed by atoms with van der Waals surface area (Å²) in [7, 11) is 1.67. The van der Waals surface area contributed by atoms with Gasteiger partial charge in [-0.3, -0.25) is 14.7 Å². The number of carbonyl (C=O) groups excluding carboxylic acids is 1. The van der Waals surface area contributed by atoms with Crippen molar-refractivity contribution < 1.29 is 4.79 Å². The van der Waals surface area contributed by atoms with Gasteiger partial charge in [-0.2, -0.15) is 4.98 Å². The molecule has 0 atom stereocenters. The molecule has 3 rings (SSSR count). The first-order chi connectivity index (χ1) is 12.4. The summed E-state index contributed by atoms with van der Waals surface area (Å²) in [6.45, 7) is 1.95. The van der Waals surface area contributed by atoms with E-state index in [-0.39, 0.29) is 23.6 Å². The summed E-state index contributed by atoms with van der Waals surface area (Å²) in [6, 6.07) is 3.67. The Kier molecular flexibility index (Phi) is 4.77. The minimum atomic E-state index is -0.279. The predicted octanol–water partition coefficient (Wildman–Crippen LogP) is 1.86. The summed E-state index contributed by atoms with van der Waals surface area (Å²) in [4.78, 5) is 29.7. The average molecular weight is 372 g/mol. The zero-order chi connectivity index (χ0) is 18.8. The van der Waals surface area contributed by atoms with E-state index < -0.39 is 0 Å². The Bertz CT molecular complexity index is 944. The molecule has 0 saturated heterocycles. The van der Waals surface area contributed by atoms with Crippen LogP contribution in [0.4, 0.5) is 11.8 Å². The lowest BCUT2D eigenvalue weighted by Crippen LogP contribution is -2.31. The summed E-state index contributed by atoms with van der Waals surface area (Å²) in [5, 5.41) is 0.120. The second kappa shape index (κ2) is 7.01. The maximum Gasteiger partial charge on any atom is 0.260 e. The number of aliphatic imine (C=N–C) groups is 1. The van der Waals surface area contributed by atoms with Crippen molar-refractivity contribution in [1.29, 1.82) is 0 Å². The van der Waals surface area contributed by atoms with Crippen molar-refractivity contribution in [2.45, 2.75) is 6.92 Å². The van der Waals surface area contributed by atoms with Crippen LogP contribution in [0, 0.1) is 0 Å².